The normalized spacial score (nSPS) is 13.3. The van der Waals surface area contributed by atoms with E-state index in [2.05, 4.69) is 5.32 Å². The molecule has 2 atom stereocenters. The lowest BCUT2D eigenvalue weighted by atomic mass is 10.1. The number of amides is 2. The standard InChI is InChI=1S/C24H32F2N4O4S/c1-6-17(2)27-24(32)18(3)29(15-19-11-7-8-12-20(19)25)23(31)16-30(35(33,34)28(4)5)22-14-10-9-13-21(22)26/h7-14,17-18H,6,15-16H2,1-5H3,(H,27,32)/t17-,18+/m1/s1. The van der Waals surface area contributed by atoms with Gasteiger partial charge in [-0.15, -0.1) is 0 Å². The quantitative estimate of drug-likeness (QED) is 0.503. The molecule has 0 saturated carbocycles. The van der Waals surface area contributed by atoms with E-state index in [-0.39, 0.29) is 23.8 Å². The molecule has 0 radical (unpaired) electrons. The molecule has 0 heterocycles. The molecule has 0 aliphatic rings. The molecule has 0 unspecified atom stereocenters. The van der Waals surface area contributed by atoms with Gasteiger partial charge in [0.1, 0.15) is 24.2 Å². The third kappa shape index (κ3) is 6.98. The van der Waals surface area contributed by atoms with Crippen molar-refractivity contribution in [2.24, 2.45) is 0 Å². The van der Waals surface area contributed by atoms with Gasteiger partial charge in [-0.1, -0.05) is 37.3 Å². The van der Waals surface area contributed by atoms with Crippen LogP contribution in [0.25, 0.3) is 0 Å². The van der Waals surface area contributed by atoms with E-state index in [1.807, 2.05) is 6.92 Å². The van der Waals surface area contributed by atoms with Crippen LogP contribution < -0.4 is 9.62 Å². The second kappa shape index (κ2) is 12.1. The van der Waals surface area contributed by atoms with Gasteiger partial charge in [0.25, 0.3) is 0 Å². The number of anilines is 1. The first-order valence-corrected chi connectivity index (χ1v) is 12.6. The Hall–Kier alpha value is -3.05. The van der Waals surface area contributed by atoms with Crippen LogP contribution in [0.1, 0.15) is 32.8 Å². The third-order valence-electron chi connectivity index (χ3n) is 5.61. The summed E-state index contributed by atoms with van der Waals surface area (Å²) >= 11 is 0. The fourth-order valence-corrected chi connectivity index (χ4v) is 4.28. The van der Waals surface area contributed by atoms with Gasteiger partial charge in [-0.05, 0) is 38.5 Å². The van der Waals surface area contributed by atoms with Crippen LogP contribution in [0.15, 0.2) is 48.5 Å². The first kappa shape index (κ1) is 28.2. The Morgan fingerprint density at radius 2 is 1.54 bits per heavy atom. The Morgan fingerprint density at radius 3 is 2.09 bits per heavy atom. The number of carbonyl (C=O) groups is 2. The molecular weight excluding hydrogens is 478 g/mol. The lowest BCUT2D eigenvalue weighted by Gasteiger charge is -2.33. The van der Waals surface area contributed by atoms with Crippen LogP contribution in [0.2, 0.25) is 0 Å². The van der Waals surface area contributed by atoms with E-state index in [1.54, 1.807) is 13.0 Å². The highest BCUT2D eigenvalue weighted by molar-refractivity contribution is 7.90. The minimum Gasteiger partial charge on any atom is -0.352 e. The first-order chi connectivity index (χ1) is 16.4. The van der Waals surface area contributed by atoms with Crippen LogP contribution in [0.3, 0.4) is 0 Å². The largest absolute Gasteiger partial charge is 0.352 e. The molecule has 2 aromatic rings. The van der Waals surface area contributed by atoms with Crippen LogP contribution in [0, 0.1) is 11.6 Å². The van der Waals surface area contributed by atoms with Gasteiger partial charge in [0.05, 0.1) is 5.69 Å². The van der Waals surface area contributed by atoms with E-state index in [0.717, 1.165) is 15.3 Å². The number of nitrogens with one attached hydrogen (secondary N) is 1. The van der Waals surface area contributed by atoms with Crippen molar-refractivity contribution in [1.82, 2.24) is 14.5 Å². The lowest BCUT2D eigenvalue weighted by Crippen LogP contribution is -2.53. The Labute approximate surface area is 205 Å². The Morgan fingerprint density at radius 1 is 0.971 bits per heavy atom. The van der Waals surface area contributed by atoms with E-state index >= 15 is 0 Å². The Bertz CT molecular complexity index is 1140. The molecule has 2 amide bonds. The first-order valence-electron chi connectivity index (χ1n) is 11.2. The number of rotatable bonds is 11. The fraction of sp³-hybridized carbons (Fsp3) is 0.417. The molecule has 0 aliphatic heterocycles. The SMILES string of the molecule is CC[C@@H](C)NC(=O)[C@H](C)N(Cc1ccccc1F)C(=O)CN(c1ccccc1F)S(=O)(=O)N(C)C. The van der Waals surface area contributed by atoms with Crippen molar-refractivity contribution in [3.63, 3.8) is 0 Å². The van der Waals surface area contributed by atoms with Crippen LogP contribution in [0.4, 0.5) is 14.5 Å². The zero-order valence-electron chi connectivity index (χ0n) is 20.5. The monoisotopic (exact) mass is 510 g/mol. The predicted octanol–water partition coefficient (Wildman–Crippen LogP) is 2.91. The average Bonchev–Trinajstić information content (AvgIpc) is 2.81. The number of nitrogens with zero attached hydrogens (tertiary/aromatic N) is 3. The lowest BCUT2D eigenvalue weighted by molar-refractivity contribution is -0.139. The molecule has 192 valence electrons. The topological polar surface area (TPSA) is 90.0 Å². The minimum absolute atomic E-state index is 0.150. The van der Waals surface area contributed by atoms with E-state index in [9.17, 15) is 26.8 Å². The average molecular weight is 511 g/mol. The van der Waals surface area contributed by atoms with E-state index < -0.39 is 46.2 Å². The highest BCUT2D eigenvalue weighted by Crippen LogP contribution is 2.24. The number of halogens is 2. The van der Waals surface area contributed by atoms with Gasteiger partial charge in [0.15, 0.2) is 0 Å². The molecule has 0 fully saturated rings. The van der Waals surface area contributed by atoms with E-state index in [4.69, 9.17) is 0 Å². The smallest absolute Gasteiger partial charge is 0.304 e. The van der Waals surface area contributed by atoms with Gasteiger partial charge in [-0.2, -0.15) is 12.7 Å². The van der Waals surface area contributed by atoms with Crippen LogP contribution in [-0.2, 0) is 26.3 Å². The maximum absolute atomic E-state index is 14.6. The van der Waals surface area contributed by atoms with Crippen molar-refractivity contribution in [2.75, 3.05) is 24.9 Å². The van der Waals surface area contributed by atoms with Crippen molar-refractivity contribution < 1.29 is 26.8 Å². The van der Waals surface area contributed by atoms with Crippen molar-refractivity contribution in [2.45, 2.75) is 45.8 Å². The van der Waals surface area contributed by atoms with Crippen LogP contribution >= 0.6 is 0 Å². The van der Waals surface area contributed by atoms with Crippen molar-refractivity contribution >= 4 is 27.7 Å². The summed E-state index contributed by atoms with van der Waals surface area (Å²) in [5.74, 6) is -2.69. The highest BCUT2D eigenvalue weighted by Gasteiger charge is 2.34. The van der Waals surface area contributed by atoms with E-state index in [0.29, 0.717) is 10.7 Å². The summed E-state index contributed by atoms with van der Waals surface area (Å²) in [5.41, 5.74) is -0.172. The highest BCUT2D eigenvalue weighted by atomic mass is 32.2. The molecule has 0 saturated heterocycles. The Balaban J connectivity index is 2.48. The second-order valence-electron chi connectivity index (χ2n) is 8.36. The summed E-state index contributed by atoms with van der Waals surface area (Å²) in [6, 6.07) is 9.72. The zero-order valence-corrected chi connectivity index (χ0v) is 21.4. The maximum Gasteiger partial charge on any atom is 0.304 e. The number of hydrogen-bond donors (Lipinski definition) is 1. The summed E-state index contributed by atoms with van der Waals surface area (Å²) in [7, 11) is -1.77. The second-order valence-corrected chi connectivity index (χ2v) is 10.4. The minimum atomic E-state index is -4.29. The molecule has 11 heteroatoms. The molecule has 0 bridgehead atoms. The van der Waals surface area contributed by atoms with Gasteiger partial charge in [-0.25, -0.2) is 13.1 Å². The van der Waals surface area contributed by atoms with Crippen molar-refractivity contribution in [1.29, 1.82) is 0 Å². The van der Waals surface area contributed by atoms with E-state index in [1.165, 1.54) is 57.4 Å². The molecule has 0 aromatic heterocycles. The zero-order chi connectivity index (χ0) is 26.3. The molecule has 0 aliphatic carbocycles. The number of carbonyl (C=O) groups excluding carboxylic acids is 2. The van der Waals surface area contributed by atoms with Crippen LogP contribution in [-0.4, -0.2) is 62.2 Å². The van der Waals surface area contributed by atoms with Gasteiger partial charge in [0.2, 0.25) is 11.8 Å². The molecular formula is C24H32F2N4O4S. The summed E-state index contributed by atoms with van der Waals surface area (Å²) in [6.07, 6.45) is 0.655. The summed E-state index contributed by atoms with van der Waals surface area (Å²) in [5, 5.41) is 2.78. The van der Waals surface area contributed by atoms with Gasteiger partial charge < -0.3 is 10.2 Å². The maximum atomic E-state index is 14.6. The molecule has 35 heavy (non-hydrogen) atoms. The van der Waals surface area contributed by atoms with Gasteiger partial charge in [-0.3, -0.25) is 9.59 Å². The van der Waals surface area contributed by atoms with Gasteiger partial charge in [0, 0.05) is 32.2 Å². The summed E-state index contributed by atoms with van der Waals surface area (Å²) in [4.78, 5) is 27.4. The molecule has 2 aromatic carbocycles. The number of benzene rings is 2. The molecule has 2 rings (SSSR count). The molecule has 1 N–H and O–H groups in total. The number of para-hydroxylation sites is 1. The van der Waals surface area contributed by atoms with Gasteiger partial charge >= 0.3 is 10.2 Å². The molecule has 0 spiro atoms. The number of hydrogen-bond acceptors (Lipinski definition) is 4. The van der Waals surface area contributed by atoms with Crippen molar-refractivity contribution in [3.8, 4) is 0 Å². The third-order valence-corrected chi connectivity index (χ3v) is 7.41. The summed E-state index contributed by atoms with van der Waals surface area (Å²) in [6.45, 7) is 4.09. The van der Waals surface area contributed by atoms with Crippen molar-refractivity contribution in [3.05, 3.63) is 65.7 Å². The van der Waals surface area contributed by atoms with Crippen LogP contribution in [0.5, 0.6) is 0 Å². The molecule has 8 nitrogen and oxygen atoms in total. The fourth-order valence-electron chi connectivity index (χ4n) is 3.21. The Kier molecular flexibility index (Phi) is 9.73. The summed E-state index contributed by atoms with van der Waals surface area (Å²) < 4.78 is 56.5. The predicted molar refractivity (Wildman–Crippen MR) is 131 cm³/mol.